The molecule has 15 heavy (non-hydrogen) atoms. The van der Waals surface area contributed by atoms with Gasteiger partial charge in [0.05, 0.1) is 4.92 Å². The molecule has 1 aliphatic rings. The van der Waals surface area contributed by atoms with Crippen LogP contribution in [0.25, 0.3) is 0 Å². The summed E-state index contributed by atoms with van der Waals surface area (Å²) in [6, 6.07) is 4.58. The number of nitro groups is 1. The van der Waals surface area contributed by atoms with Crippen molar-refractivity contribution in [1.29, 1.82) is 0 Å². The summed E-state index contributed by atoms with van der Waals surface area (Å²) in [5.74, 6) is 0.296. The summed E-state index contributed by atoms with van der Waals surface area (Å²) in [5, 5.41) is 23.0. The van der Waals surface area contributed by atoms with E-state index < -0.39 is 4.92 Å². The quantitative estimate of drug-likeness (QED) is 0.575. The molecule has 1 aromatic rings. The van der Waals surface area contributed by atoms with Gasteiger partial charge in [0.25, 0.3) is 0 Å². The van der Waals surface area contributed by atoms with Crippen LogP contribution >= 0.6 is 0 Å². The zero-order valence-electron chi connectivity index (χ0n) is 8.14. The number of hydrogen-bond donors (Lipinski definition) is 2. The molecule has 0 spiro atoms. The number of rotatable bonds is 3. The van der Waals surface area contributed by atoms with E-state index in [9.17, 15) is 15.2 Å². The van der Waals surface area contributed by atoms with Crippen LogP contribution in [-0.4, -0.2) is 23.1 Å². The van der Waals surface area contributed by atoms with Crippen LogP contribution < -0.4 is 5.32 Å². The van der Waals surface area contributed by atoms with E-state index in [0.717, 1.165) is 25.1 Å². The van der Waals surface area contributed by atoms with Crippen LogP contribution in [0.2, 0.25) is 0 Å². The predicted octanol–water partition coefficient (Wildman–Crippen LogP) is 1.06. The van der Waals surface area contributed by atoms with Gasteiger partial charge in [0.15, 0.2) is 5.75 Å². The van der Waals surface area contributed by atoms with Gasteiger partial charge in [-0.1, -0.05) is 6.07 Å². The number of nitrogens with one attached hydrogen (secondary N) is 1. The van der Waals surface area contributed by atoms with Crippen molar-refractivity contribution >= 4 is 5.69 Å². The molecule has 2 N–H and O–H groups in total. The third-order valence-corrected chi connectivity index (χ3v) is 2.63. The lowest BCUT2D eigenvalue weighted by Crippen LogP contribution is -2.43. The summed E-state index contributed by atoms with van der Waals surface area (Å²) in [4.78, 5) is 10.0. The minimum Gasteiger partial charge on any atom is -0.502 e. The summed E-state index contributed by atoms with van der Waals surface area (Å²) in [5.41, 5.74) is 0.700. The molecule has 2 rings (SSSR count). The Morgan fingerprint density at radius 3 is 2.80 bits per heavy atom. The van der Waals surface area contributed by atoms with E-state index >= 15 is 0 Å². The van der Waals surface area contributed by atoms with Gasteiger partial charge in [-0.25, -0.2) is 0 Å². The van der Waals surface area contributed by atoms with E-state index in [1.54, 1.807) is 6.07 Å². The van der Waals surface area contributed by atoms with E-state index in [1.165, 1.54) is 12.1 Å². The average Bonchev–Trinajstić information content (AvgIpc) is 2.13. The first-order valence-corrected chi connectivity index (χ1v) is 4.84. The minimum atomic E-state index is -0.558. The SMILES string of the molecule is O=[N+]([O-])c1cc(CC2CNC2)ccc1O. The second kappa shape index (κ2) is 3.86. The van der Waals surface area contributed by atoms with E-state index in [-0.39, 0.29) is 11.4 Å². The molecular formula is C10H12N2O3. The molecule has 80 valence electrons. The normalized spacial score (nSPS) is 16.0. The maximum Gasteiger partial charge on any atom is 0.310 e. The van der Waals surface area contributed by atoms with Crippen molar-refractivity contribution < 1.29 is 10.0 Å². The highest BCUT2D eigenvalue weighted by atomic mass is 16.6. The van der Waals surface area contributed by atoms with Gasteiger partial charge in [0.2, 0.25) is 0 Å². The van der Waals surface area contributed by atoms with Crippen LogP contribution in [0.15, 0.2) is 18.2 Å². The van der Waals surface area contributed by atoms with Gasteiger partial charge in [-0.2, -0.15) is 0 Å². The number of aromatic hydroxyl groups is 1. The molecule has 0 atom stereocenters. The Labute approximate surface area is 86.9 Å². The molecule has 1 heterocycles. The molecule has 5 nitrogen and oxygen atoms in total. The third-order valence-electron chi connectivity index (χ3n) is 2.63. The van der Waals surface area contributed by atoms with Gasteiger partial charge in [0, 0.05) is 6.07 Å². The second-order valence-electron chi connectivity index (χ2n) is 3.81. The summed E-state index contributed by atoms with van der Waals surface area (Å²) < 4.78 is 0. The van der Waals surface area contributed by atoms with Gasteiger partial charge in [-0.15, -0.1) is 0 Å². The Morgan fingerprint density at radius 1 is 1.53 bits per heavy atom. The minimum absolute atomic E-state index is 0.209. The first kappa shape index (κ1) is 9.92. The predicted molar refractivity (Wildman–Crippen MR) is 54.8 cm³/mol. The van der Waals surface area contributed by atoms with Crippen LogP contribution in [0.3, 0.4) is 0 Å². The highest BCUT2D eigenvalue weighted by Gasteiger charge is 2.19. The van der Waals surface area contributed by atoms with E-state index in [4.69, 9.17) is 0 Å². The number of hydrogen-bond acceptors (Lipinski definition) is 4. The summed E-state index contributed by atoms with van der Waals surface area (Å²) in [7, 11) is 0. The highest BCUT2D eigenvalue weighted by molar-refractivity contribution is 5.47. The second-order valence-corrected chi connectivity index (χ2v) is 3.81. The van der Waals surface area contributed by atoms with Crippen LogP contribution in [0.1, 0.15) is 5.56 Å². The number of phenols is 1. The summed E-state index contributed by atoms with van der Waals surface area (Å²) in [6.45, 7) is 1.93. The van der Waals surface area contributed by atoms with E-state index in [1.807, 2.05) is 0 Å². The third kappa shape index (κ3) is 2.07. The molecule has 5 heteroatoms. The van der Waals surface area contributed by atoms with Gasteiger partial charge in [0.1, 0.15) is 0 Å². The smallest absolute Gasteiger partial charge is 0.310 e. The van der Waals surface area contributed by atoms with Crippen molar-refractivity contribution in [2.75, 3.05) is 13.1 Å². The molecule has 0 unspecified atom stereocenters. The Bertz CT molecular complexity index is 388. The lowest BCUT2D eigenvalue weighted by Gasteiger charge is -2.26. The molecule has 0 aromatic heterocycles. The Morgan fingerprint density at radius 2 is 2.27 bits per heavy atom. The fraction of sp³-hybridized carbons (Fsp3) is 0.400. The maximum atomic E-state index is 10.6. The van der Waals surface area contributed by atoms with Gasteiger partial charge in [-0.05, 0) is 37.1 Å². The van der Waals surface area contributed by atoms with Gasteiger partial charge >= 0.3 is 5.69 Å². The Kier molecular flexibility index (Phi) is 2.55. The van der Waals surface area contributed by atoms with Crippen molar-refractivity contribution in [3.63, 3.8) is 0 Å². The average molecular weight is 208 g/mol. The first-order valence-electron chi connectivity index (χ1n) is 4.84. The number of phenolic OH excluding ortho intramolecular Hbond substituents is 1. The molecule has 1 aliphatic heterocycles. The summed E-state index contributed by atoms with van der Waals surface area (Å²) >= 11 is 0. The molecule has 0 amide bonds. The molecule has 0 aliphatic carbocycles. The zero-order valence-corrected chi connectivity index (χ0v) is 8.14. The van der Waals surface area contributed by atoms with Crippen LogP contribution in [0.4, 0.5) is 5.69 Å². The van der Waals surface area contributed by atoms with Crippen LogP contribution in [0.5, 0.6) is 5.75 Å². The number of nitro benzene ring substituents is 1. The molecule has 1 aromatic carbocycles. The Balaban J connectivity index is 2.17. The van der Waals surface area contributed by atoms with Gasteiger partial charge < -0.3 is 10.4 Å². The molecule has 1 saturated heterocycles. The largest absolute Gasteiger partial charge is 0.502 e. The van der Waals surface area contributed by atoms with Crippen molar-refractivity contribution in [2.45, 2.75) is 6.42 Å². The molecule has 0 bridgehead atoms. The highest BCUT2D eigenvalue weighted by Crippen LogP contribution is 2.27. The van der Waals surface area contributed by atoms with Crippen molar-refractivity contribution in [3.8, 4) is 5.75 Å². The fourth-order valence-corrected chi connectivity index (χ4v) is 1.67. The fourth-order valence-electron chi connectivity index (χ4n) is 1.67. The van der Waals surface area contributed by atoms with E-state index in [0.29, 0.717) is 5.92 Å². The van der Waals surface area contributed by atoms with Gasteiger partial charge in [-0.3, -0.25) is 10.1 Å². The van der Waals surface area contributed by atoms with Crippen molar-refractivity contribution in [1.82, 2.24) is 5.32 Å². The maximum absolute atomic E-state index is 10.6. The summed E-state index contributed by atoms with van der Waals surface area (Å²) in [6.07, 6.45) is 0.827. The van der Waals surface area contributed by atoms with E-state index in [2.05, 4.69) is 5.32 Å². The Hall–Kier alpha value is -1.62. The van der Waals surface area contributed by atoms with Crippen molar-refractivity contribution in [2.24, 2.45) is 5.92 Å². The standard InChI is InChI=1S/C10H12N2O3/c13-10-2-1-7(3-8-5-11-6-8)4-9(10)12(14)15/h1-2,4,8,11,13H,3,5-6H2. The lowest BCUT2D eigenvalue weighted by molar-refractivity contribution is -0.385. The van der Waals surface area contributed by atoms with Crippen molar-refractivity contribution in [3.05, 3.63) is 33.9 Å². The zero-order chi connectivity index (χ0) is 10.8. The molecule has 0 radical (unpaired) electrons. The van der Waals surface area contributed by atoms with Crippen LogP contribution in [-0.2, 0) is 6.42 Å². The lowest BCUT2D eigenvalue weighted by atomic mass is 9.94. The topological polar surface area (TPSA) is 75.4 Å². The molecule has 1 fully saturated rings. The molecule has 0 saturated carbocycles. The monoisotopic (exact) mass is 208 g/mol. The number of benzene rings is 1. The van der Waals surface area contributed by atoms with Crippen LogP contribution in [0, 0.1) is 16.0 Å². The first-order chi connectivity index (χ1) is 7.16. The molecular weight excluding hydrogens is 196 g/mol. The number of nitrogens with zero attached hydrogens (tertiary/aromatic N) is 1.